The van der Waals surface area contributed by atoms with Gasteiger partial charge in [0.1, 0.15) is 5.52 Å². The standard InChI is InChI=1S/C11H14N4O2S/c1-3-7(2)15(12)17-11(16)8-5-4-6-9-10(8)18-14-13-9/h4-7H,3,12H2,1-2H3. The molecule has 1 aromatic heterocycles. The van der Waals surface area contributed by atoms with E-state index in [9.17, 15) is 4.79 Å². The first-order valence-electron chi connectivity index (χ1n) is 5.60. The molecule has 1 atom stereocenters. The Bertz CT molecular complexity index is 557. The molecular weight excluding hydrogens is 252 g/mol. The quantitative estimate of drug-likeness (QED) is 0.670. The fourth-order valence-corrected chi connectivity index (χ4v) is 2.04. The van der Waals surface area contributed by atoms with Gasteiger partial charge in [-0.15, -0.1) is 5.10 Å². The van der Waals surface area contributed by atoms with Gasteiger partial charge in [0.05, 0.1) is 16.3 Å². The zero-order valence-electron chi connectivity index (χ0n) is 10.2. The van der Waals surface area contributed by atoms with Crippen LogP contribution in [-0.4, -0.2) is 26.8 Å². The lowest BCUT2D eigenvalue weighted by Gasteiger charge is -2.21. The maximum atomic E-state index is 12.0. The van der Waals surface area contributed by atoms with Crippen molar-refractivity contribution >= 4 is 27.7 Å². The molecule has 0 saturated heterocycles. The van der Waals surface area contributed by atoms with Crippen LogP contribution in [0.15, 0.2) is 18.2 Å². The number of fused-ring (bicyclic) bond motifs is 1. The summed E-state index contributed by atoms with van der Waals surface area (Å²) in [5.41, 5.74) is 1.11. The van der Waals surface area contributed by atoms with Crippen LogP contribution in [-0.2, 0) is 4.84 Å². The first-order chi connectivity index (χ1) is 8.63. The van der Waals surface area contributed by atoms with Crippen molar-refractivity contribution in [2.45, 2.75) is 26.3 Å². The van der Waals surface area contributed by atoms with Gasteiger partial charge in [0.2, 0.25) is 0 Å². The van der Waals surface area contributed by atoms with Crippen molar-refractivity contribution in [1.29, 1.82) is 0 Å². The Morgan fingerprint density at radius 2 is 2.39 bits per heavy atom. The van der Waals surface area contributed by atoms with Gasteiger partial charge in [-0.25, -0.2) is 10.6 Å². The van der Waals surface area contributed by atoms with Gasteiger partial charge in [-0.05, 0) is 37.0 Å². The molecule has 0 amide bonds. The van der Waals surface area contributed by atoms with Gasteiger partial charge in [0.25, 0.3) is 0 Å². The summed E-state index contributed by atoms with van der Waals surface area (Å²) in [4.78, 5) is 17.1. The third-order valence-electron chi connectivity index (χ3n) is 2.71. The number of carbonyl (C=O) groups is 1. The lowest BCUT2D eigenvalue weighted by atomic mass is 10.2. The van der Waals surface area contributed by atoms with E-state index >= 15 is 0 Å². The summed E-state index contributed by atoms with van der Waals surface area (Å²) in [6.07, 6.45) is 0.788. The summed E-state index contributed by atoms with van der Waals surface area (Å²) in [6, 6.07) is 5.18. The van der Waals surface area contributed by atoms with E-state index < -0.39 is 5.97 Å². The Kier molecular flexibility index (Phi) is 3.85. The van der Waals surface area contributed by atoms with Crippen LogP contribution in [0.1, 0.15) is 30.6 Å². The third kappa shape index (κ3) is 2.47. The number of rotatable bonds is 4. The van der Waals surface area contributed by atoms with E-state index in [-0.39, 0.29) is 6.04 Å². The van der Waals surface area contributed by atoms with Crippen molar-refractivity contribution in [3.05, 3.63) is 23.8 Å². The molecule has 1 aromatic carbocycles. The highest BCUT2D eigenvalue weighted by Crippen LogP contribution is 2.21. The second-order valence-corrected chi connectivity index (χ2v) is 4.68. The van der Waals surface area contributed by atoms with Crippen molar-refractivity contribution < 1.29 is 9.63 Å². The summed E-state index contributed by atoms with van der Waals surface area (Å²) >= 11 is 1.16. The summed E-state index contributed by atoms with van der Waals surface area (Å²) in [6.45, 7) is 3.84. The van der Waals surface area contributed by atoms with Crippen molar-refractivity contribution in [1.82, 2.24) is 14.8 Å². The van der Waals surface area contributed by atoms with Crippen molar-refractivity contribution in [3.8, 4) is 0 Å². The smallest absolute Gasteiger partial charge is 0.348 e. The molecule has 2 rings (SSSR count). The Labute approximate surface area is 108 Å². The van der Waals surface area contributed by atoms with E-state index in [0.29, 0.717) is 15.8 Å². The van der Waals surface area contributed by atoms with Crippen molar-refractivity contribution in [3.63, 3.8) is 0 Å². The van der Waals surface area contributed by atoms with Crippen LogP contribution in [0.2, 0.25) is 0 Å². The maximum Gasteiger partial charge on any atom is 0.359 e. The van der Waals surface area contributed by atoms with Crippen molar-refractivity contribution in [2.75, 3.05) is 0 Å². The van der Waals surface area contributed by atoms with E-state index in [4.69, 9.17) is 10.7 Å². The second-order valence-electron chi connectivity index (χ2n) is 3.92. The van der Waals surface area contributed by atoms with E-state index in [1.807, 2.05) is 13.8 Å². The SMILES string of the molecule is CCC(C)N(N)OC(=O)c1cccc2nnsc12. The number of hydrogen-bond donors (Lipinski definition) is 1. The van der Waals surface area contributed by atoms with Gasteiger partial charge in [0, 0.05) is 0 Å². The molecule has 0 spiro atoms. The highest BCUT2D eigenvalue weighted by atomic mass is 32.1. The molecule has 0 bridgehead atoms. The van der Waals surface area contributed by atoms with Crippen LogP contribution in [0.25, 0.3) is 10.2 Å². The zero-order chi connectivity index (χ0) is 13.1. The molecule has 96 valence electrons. The van der Waals surface area contributed by atoms with E-state index in [0.717, 1.165) is 23.1 Å². The number of hydrogen-bond acceptors (Lipinski definition) is 7. The number of hydrazine groups is 1. The number of carbonyl (C=O) groups excluding carboxylic acids is 1. The van der Waals surface area contributed by atoms with Crippen LogP contribution in [0.4, 0.5) is 0 Å². The van der Waals surface area contributed by atoms with E-state index in [1.165, 1.54) is 0 Å². The minimum atomic E-state index is -0.491. The first-order valence-corrected chi connectivity index (χ1v) is 6.38. The predicted molar refractivity (Wildman–Crippen MR) is 68.6 cm³/mol. The monoisotopic (exact) mass is 266 g/mol. The van der Waals surface area contributed by atoms with Gasteiger partial charge in [-0.1, -0.05) is 22.7 Å². The van der Waals surface area contributed by atoms with Gasteiger partial charge in [-0.3, -0.25) is 0 Å². The zero-order valence-corrected chi connectivity index (χ0v) is 11.0. The highest BCUT2D eigenvalue weighted by Gasteiger charge is 2.18. The maximum absolute atomic E-state index is 12.0. The Morgan fingerprint density at radius 1 is 1.61 bits per heavy atom. The topological polar surface area (TPSA) is 81.3 Å². The average Bonchev–Trinajstić information content (AvgIpc) is 2.85. The molecule has 0 saturated carbocycles. The number of nitrogens with two attached hydrogens (primary N) is 1. The second kappa shape index (κ2) is 5.38. The summed E-state index contributed by atoms with van der Waals surface area (Å²) in [5.74, 6) is 5.16. The molecule has 0 aliphatic heterocycles. The van der Waals surface area contributed by atoms with Crippen LogP contribution >= 0.6 is 11.5 Å². The van der Waals surface area contributed by atoms with Crippen LogP contribution in [0.5, 0.6) is 0 Å². The minimum absolute atomic E-state index is 0.0345. The van der Waals surface area contributed by atoms with Gasteiger partial charge in [-0.2, -0.15) is 0 Å². The van der Waals surface area contributed by atoms with Gasteiger partial charge < -0.3 is 4.84 Å². The molecule has 7 heteroatoms. The summed E-state index contributed by atoms with van der Waals surface area (Å²) in [7, 11) is 0. The summed E-state index contributed by atoms with van der Waals surface area (Å²) < 4.78 is 4.52. The Morgan fingerprint density at radius 3 is 3.11 bits per heavy atom. The minimum Gasteiger partial charge on any atom is -0.348 e. The molecule has 0 fully saturated rings. The van der Waals surface area contributed by atoms with E-state index in [1.54, 1.807) is 18.2 Å². The van der Waals surface area contributed by atoms with Crippen molar-refractivity contribution in [2.24, 2.45) is 5.84 Å². The fraction of sp³-hybridized carbons (Fsp3) is 0.364. The third-order valence-corrected chi connectivity index (χ3v) is 3.48. The number of aromatic nitrogens is 2. The average molecular weight is 266 g/mol. The molecule has 0 aliphatic rings. The largest absolute Gasteiger partial charge is 0.359 e. The number of nitrogens with zero attached hydrogens (tertiary/aromatic N) is 3. The molecule has 0 aliphatic carbocycles. The van der Waals surface area contributed by atoms with E-state index in [2.05, 4.69) is 9.59 Å². The van der Waals surface area contributed by atoms with Gasteiger partial charge >= 0.3 is 5.97 Å². The molecule has 0 radical (unpaired) electrons. The molecule has 18 heavy (non-hydrogen) atoms. The number of benzene rings is 1. The van der Waals surface area contributed by atoms with Gasteiger partial charge in [0.15, 0.2) is 0 Å². The predicted octanol–water partition coefficient (Wildman–Crippen LogP) is 1.74. The molecule has 1 unspecified atom stereocenters. The highest BCUT2D eigenvalue weighted by molar-refractivity contribution is 7.13. The molecule has 2 aromatic rings. The molecular formula is C11H14N4O2S. The van der Waals surface area contributed by atoms with Crippen LogP contribution in [0, 0.1) is 0 Å². The lowest BCUT2D eigenvalue weighted by Crippen LogP contribution is -2.40. The first kappa shape index (κ1) is 12.9. The Hall–Kier alpha value is -1.57. The fourth-order valence-electron chi connectivity index (χ4n) is 1.38. The molecule has 6 nitrogen and oxygen atoms in total. The lowest BCUT2D eigenvalue weighted by molar-refractivity contribution is -0.137. The number of hydroxylamine groups is 1. The Balaban J connectivity index is 2.21. The van der Waals surface area contributed by atoms with Crippen LogP contribution < -0.4 is 5.84 Å². The normalized spacial score (nSPS) is 12.9. The molecule has 2 N–H and O–H groups in total. The summed E-state index contributed by atoms with van der Waals surface area (Å²) in [5, 5.41) is 4.99. The molecule has 1 heterocycles. The van der Waals surface area contributed by atoms with Crippen LogP contribution in [0.3, 0.4) is 0 Å².